The van der Waals surface area contributed by atoms with Crippen molar-refractivity contribution >= 4 is 18.3 Å². The largest absolute Gasteiger partial charge is 0.483 e. The molecule has 2 amide bonds. The van der Waals surface area contributed by atoms with Gasteiger partial charge in [-0.15, -0.1) is 0 Å². The zero-order valence-corrected chi connectivity index (χ0v) is 19.7. The van der Waals surface area contributed by atoms with E-state index >= 15 is 0 Å². The smallest absolute Gasteiger partial charge is 0.290 e. The van der Waals surface area contributed by atoms with Gasteiger partial charge >= 0.3 is 0 Å². The third kappa shape index (κ3) is 7.19. The Bertz CT molecular complexity index is 832. The van der Waals surface area contributed by atoms with Gasteiger partial charge in [0.05, 0.1) is 0 Å². The molecule has 0 saturated carbocycles. The molecule has 3 heterocycles. The van der Waals surface area contributed by atoms with Crippen molar-refractivity contribution in [2.75, 3.05) is 6.54 Å². The Hall–Kier alpha value is -2.67. The Balaban J connectivity index is 0.000000395. The van der Waals surface area contributed by atoms with Crippen LogP contribution in [0.1, 0.15) is 87.3 Å². The highest BCUT2D eigenvalue weighted by atomic mass is 16.3. The number of carbonyl (C=O) groups is 3. The number of fused-ring (bicyclic) bond motifs is 1. The third-order valence-corrected chi connectivity index (χ3v) is 5.37. The number of carboxylic acid groups (broad SMARTS) is 1. The standard InChI is InChI=1S/C19H23N3O2.C5H12.CH2O2/c1-12-5-8-17(18(23)21-12)22-11-14-10-13(6-7-15(14)19(22)24)16-4-2-3-9-20-16;1-5(2,3)4;2-1-3/h6-7,10,16-17,20H,1-5,8-9,11H2,(H,21,23);1-4H3;1H,(H,2,3). The minimum atomic E-state index is -0.383. The number of amides is 2. The highest BCUT2D eigenvalue weighted by Gasteiger charge is 2.38. The van der Waals surface area contributed by atoms with Gasteiger partial charge in [0.2, 0.25) is 5.91 Å². The van der Waals surface area contributed by atoms with Crippen molar-refractivity contribution in [3.05, 3.63) is 47.2 Å². The minimum Gasteiger partial charge on any atom is -0.483 e. The molecule has 4 rings (SSSR count). The van der Waals surface area contributed by atoms with Crippen molar-refractivity contribution < 1.29 is 19.5 Å². The fourth-order valence-electron chi connectivity index (χ4n) is 4.03. The van der Waals surface area contributed by atoms with Gasteiger partial charge in [-0.2, -0.15) is 0 Å². The molecule has 0 spiro atoms. The first kappa shape index (κ1) is 25.6. The van der Waals surface area contributed by atoms with E-state index in [1.54, 1.807) is 4.90 Å². The summed E-state index contributed by atoms with van der Waals surface area (Å²) in [6.07, 6.45) is 5.00. The first-order valence-electron chi connectivity index (χ1n) is 11.3. The Morgan fingerprint density at radius 3 is 2.38 bits per heavy atom. The SMILES string of the molecule is C=C1CCC(N2Cc3cc(C4CCCCN4)ccc3C2=O)C(=O)N1.CC(C)(C)C.O=CO. The molecule has 2 saturated heterocycles. The summed E-state index contributed by atoms with van der Waals surface area (Å²) in [6.45, 7) is 13.9. The molecule has 3 aliphatic rings. The molecule has 3 aliphatic heterocycles. The quantitative estimate of drug-likeness (QED) is 0.600. The zero-order chi connectivity index (χ0) is 23.9. The van der Waals surface area contributed by atoms with Gasteiger partial charge in [-0.05, 0) is 54.8 Å². The first-order valence-corrected chi connectivity index (χ1v) is 11.3. The fourth-order valence-corrected chi connectivity index (χ4v) is 4.03. The van der Waals surface area contributed by atoms with Crippen LogP contribution in [0.4, 0.5) is 0 Å². The number of carbonyl (C=O) groups excluding carboxylic acids is 2. The molecule has 2 unspecified atom stereocenters. The molecule has 1 aromatic rings. The van der Waals surface area contributed by atoms with Crippen LogP contribution >= 0.6 is 0 Å². The molecule has 0 bridgehead atoms. The van der Waals surface area contributed by atoms with Crippen LogP contribution in [0, 0.1) is 5.41 Å². The van der Waals surface area contributed by atoms with Gasteiger partial charge in [0, 0.05) is 23.8 Å². The second-order valence-electron chi connectivity index (χ2n) is 10.1. The Kier molecular flexibility index (Phi) is 9.01. The zero-order valence-electron chi connectivity index (χ0n) is 19.7. The average molecular weight is 444 g/mol. The second kappa shape index (κ2) is 11.3. The van der Waals surface area contributed by atoms with Crippen LogP contribution in [0.3, 0.4) is 0 Å². The fraction of sp³-hybridized carbons (Fsp3) is 0.560. The molecule has 2 atom stereocenters. The molecule has 32 heavy (non-hydrogen) atoms. The molecule has 0 radical (unpaired) electrons. The van der Waals surface area contributed by atoms with Gasteiger partial charge in [0.15, 0.2) is 0 Å². The third-order valence-electron chi connectivity index (χ3n) is 5.37. The van der Waals surface area contributed by atoms with E-state index in [0.29, 0.717) is 24.4 Å². The van der Waals surface area contributed by atoms with E-state index in [9.17, 15) is 9.59 Å². The van der Waals surface area contributed by atoms with E-state index in [1.165, 1.54) is 18.4 Å². The Morgan fingerprint density at radius 1 is 1.16 bits per heavy atom. The van der Waals surface area contributed by atoms with Crippen LogP contribution in [0.5, 0.6) is 0 Å². The number of nitrogens with one attached hydrogen (secondary N) is 2. The van der Waals surface area contributed by atoms with Crippen molar-refractivity contribution in [1.29, 1.82) is 0 Å². The van der Waals surface area contributed by atoms with Crippen molar-refractivity contribution in [2.24, 2.45) is 5.41 Å². The summed E-state index contributed by atoms with van der Waals surface area (Å²) >= 11 is 0. The predicted molar refractivity (Wildman–Crippen MR) is 125 cm³/mol. The van der Waals surface area contributed by atoms with E-state index in [-0.39, 0.29) is 24.3 Å². The lowest BCUT2D eigenvalue weighted by molar-refractivity contribution is -0.126. The van der Waals surface area contributed by atoms with Gasteiger partial charge in [0.25, 0.3) is 12.4 Å². The normalized spacial score (nSPS) is 22.6. The monoisotopic (exact) mass is 443 g/mol. The van der Waals surface area contributed by atoms with Crippen LogP contribution in [-0.2, 0) is 16.1 Å². The van der Waals surface area contributed by atoms with E-state index in [2.05, 4.69) is 57.0 Å². The number of hydrogen-bond donors (Lipinski definition) is 3. The van der Waals surface area contributed by atoms with Gasteiger partial charge < -0.3 is 20.6 Å². The van der Waals surface area contributed by atoms with E-state index in [0.717, 1.165) is 36.2 Å². The van der Waals surface area contributed by atoms with Crippen LogP contribution < -0.4 is 10.6 Å². The highest BCUT2D eigenvalue weighted by molar-refractivity contribution is 6.01. The molecule has 3 N–H and O–H groups in total. The number of hydrogen-bond acceptors (Lipinski definition) is 4. The van der Waals surface area contributed by atoms with Crippen molar-refractivity contribution in [2.45, 2.75) is 78.4 Å². The van der Waals surface area contributed by atoms with Crippen LogP contribution in [0.25, 0.3) is 0 Å². The molecular formula is C25H37N3O4. The van der Waals surface area contributed by atoms with Gasteiger partial charge in [-0.1, -0.05) is 52.8 Å². The summed E-state index contributed by atoms with van der Waals surface area (Å²) in [5.74, 6) is -0.137. The molecule has 1 aromatic carbocycles. The lowest BCUT2D eigenvalue weighted by Crippen LogP contribution is -2.49. The van der Waals surface area contributed by atoms with Crippen molar-refractivity contribution in [3.63, 3.8) is 0 Å². The lowest BCUT2D eigenvalue weighted by atomic mass is 9.95. The number of rotatable bonds is 2. The van der Waals surface area contributed by atoms with Crippen LogP contribution in [-0.4, -0.2) is 40.9 Å². The maximum Gasteiger partial charge on any atom is 0.290 e. The molecule has 176 valence electrons. The highest BCUT2D eigenvalue weighted by Crippen LogP contribution is 2.31. The molecule has 2 fully saturated rings. The first-order chi connectivity index (χ1) is 15.0. The topological polar surface area (TPSA) is 98.7 Å². The Morgan fingerprint density at radius 2 is 1.81 bits per heavy atom. The van der Waals surface area contributed by atoms with Crippen LogP contribution in [0.15, 0.2) is 30.5 Å². The summed E-state index contributed by atoms with van der Waals surface area (Å²) in [7, 11) is 0. The maximum atomic E-state index is 12.7. The maximum absolute atomic E-state index is 12.7. The molecule has 0 aromatic heterocycles. The number of allylic oxidation sites excluding steroid dienone is 1. The number of nitrogens with zero attached hydrogens (tertiary/aromatic N) is 1. The second-order valence-corrected chi connectivity index (χ2v) is 10.1. The summed E-state index contributed by atoms with van der Waals surface area (Å²) < 4.78 is 0. The Labute approximate surface area is 191 Å². The van der Waals surface area contributed by atoms with Crippen LogP contribution in [0.2, 0.25) is 0 Å². The summed E-state index contributed by atoms with van der Waals surface area (Å²) in [6, 6.07) is 6.14. The molecule has 0 aliphatic carbocycles. The van der Waals surface area contributed by atoms with Crippen molar-refractivity contribution in [1.82, 2.24) is 15.5 Å². The summed E-state index contributed by atoms with van der Waals surface area (Å²) in [4.78, 5) is 35.0. The van der Waals surface area contributed by atoms with Gasteiger partial charge in [-0.25, -0.2) is 0 Å². The van der Waals surface area contributed by atoms with E-state index in [4.69, 9.17) is 9.90 Å². The summed E-state index contributed by atoms with van der Waals surface area (Å²) in [5, 5.41) is 13.2. The number of piperidine rings is 2. The molecular weight excluding hydrogens is 406 g/mol. The molecule has 7 heteroatoms. The lowest BCUT2D eigenvalue weighted by Gasteiger charge is -2.30. The molecule has 7 nitrogen and oxygen atoms in total. The van der Waals surface area contributed by atoms with E-state index in [1.807, 2.05) is 6.07 Å². The van der Waals surface area contributed by atoms with E-state index < -0.39 is 0 Å². The predicted octanol–water partition coefficient (Wildman–Crippen LogP) is 4.00. The average Bonchev–Trinajstić information content (AvgIpc) is 3.04. The van der Waals surface area contributed by atoms with Gasteiger partial charge in [0.1, 0.15) is 6.04 Å². The minimum absolute atomic E-state index is 0.0270. The number of benzene rings is 1. The summed E-state index contributed by atoms with van der Waals surface area (Å²) in [5.41, 5.74) is 4.28. The van der Waals surface area contributed by atoms with Crippen molar-refractivity contribution in [3.8, 4) is 0 Å². The van der Waals surface area contributed by atoms with Gasteiger partial charge in [-0.3, -0.25) is 14.4 Å².